The van der Waals surface area contributed by atoms with Crippen LogP contribution in [0.3, 0.4) is 0 Å². The van der Waals surface area contributed by atoms with Gasteiger partial charge in [0.15, 0.2) is 4.75 Å². The summed E-state index contributed by atoms with van der Waals surface area (Å²) in [7, 11) is -5.40. The third kappa shape index (κ3) is 1.10. The molecule has 1 unspecified atom stereocenters. The van der Waals surface area contributed by atoms with Gasteiger partial charge in [-0.2, -0.15) is 8.78 Å². The molecule has 86 valence electrons. The first-order chi connectivity index (χ1) is 6.47. The Labute approximate surface area is 88.0 Å². The van der Waals surface area contributed by atoms with E-state index in [-0.39, 0.29) is 0 Å². The van der Waals surface area contributed by atoms with Crippen LogP contribution in [0.2, 0.25) is 0 Å². The average Bonchev–Trinajstić information content (AvgIpc) is 2.18. The van der Waals surface area contributed by atoms with Crippen LogP contribution in [0.5, 0.6) is 0 Å². The summed E-state index contributed by atoms with van der Waals surface area (Å²) in [6.45, 7) is 1.81. The van der Waals surface area contributed by atoms with Gasteiger partial charge in [-0.3, -0.25) is 0 Å². The Bertz CT molecular complexity index is 487. The summed E-state index contributed by atoms with van der Waals surface area (Å²) in [5.74, 6) is 0. The van der Waals surface area contributed by atoms with Gasteiger partial charge in [-0.05, 0) is 13.3 Å². The highest BCUT2D eigenvalue weighted by Gasteiger charge is 2.75. The molecule has 0 saturated carbocycles. The first-order valence-electron chi connectivity index (χ1n) is 3.89. The Morgan fingerprint density at radius 1 is 1.20 bits per heavy atom. The molecule has 0 amide bonds. The molecule has 1 saturated heterocycles. The summed E-state index contributed by atoms with van der Waals surface area (Å²) >= 11 is 0. The van der Waals surface area contributed by atoms with E-state index in [2.05, 4.69) is 0 Å². The Kier molecular flexibility index (Phi) is 2.50. The van der Waals surface area contributed by atoms with Gasteiger partial charge in [0.1, 0.15) is 0 Å². The van der Waals surface area contributed by atoms with Gasteiger partial charge in [0.25, 0.3) is 10.0 Å². The van der Waals surface area contributed by atoms with Crippen LogP contribution in [0.1, 0.15) is 20.3 Å². The van der Waals surface area contributed by atoms with Crippen LogP contribution >= 0.6 is 0 Å². The van der Waals surface area contributed by atoms with Crippen molar-refractivity contribution in [2.24, 2.45) is 0 Å². The number of nitrogens with zero attached hydrogens (tertiary/aromatic N) is 1. The fraction of sp³-hybridized carbons (Fsp3) is 1.00. The quantitative estimate of drug-likeness (QED) is 0.612. The topological polar surface area (TPSA) is 71.5 Å². The molecule has 1 aliphatic heterocycles. The predicted molar refractivity (Wildman–Crippen MR) is 49.1 cm³/mol. The maximum absolute atomic E-state index is 13.4. The van der Waals surface area contributed by atoms with Crippen molar-refractivity contribution in [2.75, 3.05) is 0 Å². The first kappa shape index (κ1) is 12.9. The fourth-order valence-electron chi connectivity index (χ4n) is 1.25. The van der Waals surface area contributed by atoms with Gasteiger partial charge in [0.2, 0.25) is 18.0 Å². The molecule has 0 aromatic rings. The van der Waals surface area contributed by atoms with Crippen molar-refractivity contribution in [3.63, 3.8) is 0 Å². The lowest BCUT2D eigenvalue weighted by molar-refractivity contribution is 0.0512. The highest BCUT2D eigenvalue weighted by molar-refractivity contribution is 8.10. The molecule has 1 fully saturated rings. The van der Waals surface area contributed by atoms with Gasteiger partial charge in [-0.1, -0.05) is 6.92 Å². The lowest BCUT2D eigenvalue weighted by Crippen LogP contribution is -2.47. The SMILES string of the molecule is [B]N1S(=O)(=O)C(F)(F)C(C)(CC)S1(=O)=O. The van der Waals surface area contributed by atoms with Crippen LogP contribution in [-0.4, -0.2) is 38.4 Å². The van der Waals surface area contributed by atoms with Crippen LogP contribution < -0.4 is 0 Å². The van der Waals surface area contributed by atoms with E-state index < -0.39 is 40.1 Å². The molecule has 10 heteroatoms. The van der Waals surface area contributed by atoms with Crippen molar-refractivity contribution in [3.05, 3.63) is 0 Å². The summed E-state index contributed by atoms with van der Waals surface area (Å²) < 4.78 is 68.4. The van der Waals surface area contributed by atoms with Crippen molar-refractivity contribution in [1.29, 1.82) is 0 Å². The molecule has 0 bridgehead atoms. The Morgan fingerprint density at radius 2 is 1.60 bits per heavy atom. The second kappa shape index (κ2) is 2.92. The normalized spacial score (nSPS) is 37.9. The molecule has 0 aromatic heterocycles. The number of halogens is 2. The molecule has 5 nitrogen and oxygen atoms in total. The van der Waals surface area contributed by atoms with E-state index in [9.17, 15) is 25.6 Å². The Morgan fingerprint density at radius 3 is 1.73 bits per heavy atom. The first-order valence-corrected chi connectivity index (χ1v) is 6.77. The van der Waals surface area contributed by atoms with E-state index in [1.54, 1.807) is 0 Å². The van der Waals surface area contributed by atoms with Crippen molar-refractivity contribution in [2.45, 2.75) is 30.3 Å². The Hall–Kier alpha value is -0.215. The van der Waals surface area contributed by atoms with E-state index in [1.807, 2.05) is 0 Å². The molecule has 0 N–H and O–H groups in total. The number of sulfonamides is 2. The predicted octanol–water partition coefficient (Wildman–Crippen LogP) is -0.193. The van der Waals surface area contributed by atoms with E-state index in [1.165, 1.54) is 0 Å². The summed E-state index contributed by atoms with van der Waals surface area (Å²) in [5, 5.41) is -4.41. The van der Waals surface area contributed by atoms with Gasteiger partial charge >= 0.3 is 5.25 Å². The zero-order valence-electron chi connectivity index (χ0n) is 7.94. The number of rotatable bonds is 1. The molecular weight excluding hydrogens is 251 g/mol. The van der Waals surface area contributed by atoms with Crippen LogP contribution in [0.25, 0.3) is 0 Å². The smallest absolute Gasteiger partial charge is 0.211 e. The molecule has 15 heavy (non-hydrogen) atoms. The summed E-state index contributed by atoms with van der Waals surface area (Å²) in [5.41, 5.74) is 0. The third-order valence-corrected chi connectivity index (χ3v) is 7.69. The zero-order valence-corrected chi connectivity index (χ0v) is 9.57. The van der Waals surface area contributed by atoms with Gasteiger partial charge in [-0.25, -0.2) is 16.8 Å². The second-order valence-corrected chi connectivity index (χ2v) is 7.67. The van der Waals surface area contributed by atoms with Gasteiger partial charge in [0.05, 0.1) is 0 Å². The molecule has 0 aliphatic carbocycles. The van der Waals surface area contributed by atoms with Crippen LogP contribution in [0.15, 0.2) is 0 Å². The van der Waals surface area contributed by atoms with Crippen LogP contribution in [-0.2, 0) is 20.0 Å². The molecule has 1 rings (SSSR count). The molecule has 1 heterocycles. The number of hydrogen-bond acceptors (Lipinski definition) is 4. The summed E-state index contributed by atoms with van der Waals surface area (Å²) in [6, 6.07) is 0. The lowest BCUT2D eigenvalue weighted by Gasteiger charge is -2.24. The maximum atomic E-state index is 13.4. The monoisotopic (exact) mass is 259 g/mol. The fourth-order valence-corrected chi connectivity index (χ4v) is 5.67. The summed E-state index contributed by atoms with van der Waals surface area (Å²) in [4.78, 5) is 0. The third-order valence-electron chi connectivity index (χ3n) is 2.66. The summed E-state index contributed by atoms with van der Waals surface area (Å²) in [6.07, 6.45) is -0.560. The van der Waals surface area contributed by atoms with Gasteiger partial charge in [-0.15, -0.1) is 3.62 Å². The highest BCUT2D eigenvalue weighted by atomic mass is 32.3. The number of hydrogen-bond donors (Lipinski definition) is 0. The molecule has 1 aliphatic rings. The van der Waals surface area contributed by atoms with E-state index in [0.29, 0.717) is 6.92 Å². The van der Waals surface area contributed by atoms with Gasteiger partial charge < -0.3 is 0 Å². The average molecular weight is 259 g/mol. The number of alkyl halides is 2. The molecule has 2 radical (unpaired) electrons. The van der Waals surface area contributed by atoms with E-state index >= 15 is 0 Å². The van der Waals surface area contributed by atoms with Crippen LogP contribution in [0.4, 0.5) is 8.78 Å². The van der Waals surface area contributed by atoms with Crippen LogP contribution in [0, 0.1) is 0 Å². The van der Waals surface area contributed by atoms with Gasteiger partial charge in [0, 0.05) is 0 Å². The molecular formula is C5H8BF2NO4S2. The van der Waals surface area contributed by atoms with E-state index in [0.717, 1.165) is 6.92 Å². The van der Waals surface area contributed by atoms with Crippen molar-refractivity contribution >= 4 is 28.0 Å². The minimum Gasteiger partial charge on any atom is -0.211 e. The lowest BCUT2D eigenvalue weighted by atomic mass is 10.1. The maximum Gasteiger partial charge on any atom is 0.379 e. The largest absolute Gasteiger partial charge is 0.379 e. The minimum atomic E-state index is -5.34. The standard InChI is InChI=1S/C5H8BF2NO4S2/c1-3-4(2)5(7,8)15(12,13)9(6)14(4,10)11/h3H2,1-2H3. The highest BCUT2D eigenvalue weighted by Crippen LogP contribution is 2.50. The molecule has 1 atom stereocenters. The van der Waals surface area contributed by atoms with Crippen molar-refractivity contribution in [3.8, 4) is 0 Å². The second-order valence-electron chi connectivity index (χ2n) is 3.34. The minimum absolute atomic E-state index is 0.560. The molecule has 0 spiro atoms. The molecule has 0 aromatic carbocycles. The van der Waals surface area contributed by atoms with Crippen molar-refractivity contribution in [1.82, 2.24) is 3.62 Å². The zero-order chi connectivity index (χ0) is 12.3. The van der Waals surface area contributed by atoms with Crippen molar-refractivity contribution < 1.29 is 25.6 Å². The Balaban J connectivity index is 3.73. The van der Waals surface area contributed by atoms with E-state index in [4.69, 9.17) is 7.98 Å².